The topological polar surface area (TPSA) is 61.3 Å². The Bertz CT molecular complexity index is 529. The van der Waals surface area contributed by atoms with Gasteiger partial charge >= 0.3 is 0 Å². The smallest absolute Gasteiger partial charge is 0.126 e. The van der Waals surface area contributed by atoms with Crippen LogP contribution < -0.4 is 16.2 Å². The molecular formula is C14H17ClN2O. The Morgan fingerprint density at radius 3 is 2.56 bits per heavy atom. The quantitative estimate of drug-likeness (QED) is 0.838. The summed E-state index contributed by atoms with van der Waals surface area (Å²) in [5.74, 6) is 0.813. The molecule has 0 unspecified atom stereocenters. The highest BCUT2D eigenvalue weighted by molar-refractivity contribution is 5.85. The standard InChI is InChI=1S/C14H16N2O.ClH/c1-17-14-6-5-12(16)8-13(14)11-4-2-3-10(7-11)9-15;/h2-8H,9,15-16H2,1H3;1H. The predicted molar refractivity (Wildman–Crippen MR) is 78.0 cm³/mol. The molecule has 0 aromatic heterocycles. The Labute approximate surface area is 113 Å². The van der Waals surface area contributed by atoms with Crippen LogP contribution in [0.2, 0.25) is 0 Å². The van der Waals surface area contributed by atoms with Gasteiger partial charge in [-0.1, -0.05) is 18.2 Å². The van der Waals surface area contributed by atoms with Gasteiger partial charge in [-0.25, -0.2) is 0 Å². The minimum absolute atomic E-state index is 0. The number of rotatable bonds is 3. The summed E-state index contributed by atoms with van der Waals surface area (Å²) < 4.78 is 5.34. The Hall–Kier alpha value is -1.71. The van der Waals surface area contributed by atoms with E-state index in [0.717, 1.165) is 28.1 Å². The number of anilines is 1. The third-order valence-corrected chi connectivity index (χ3v) is 2.70. The second-order valence-corrected chi connectivity index (χ2v) is 3.86. The Morgan fingerprint density at radius 2 is 1.89 bits per heavy atom. The SMILES string of the molecule is COc1ccc(N)cc1-c1cccc(CN)c1.Cl. The Morgan fingerprint density at radius 1 is 1.11 bits per heavy atom. The fraction of sp³-hybridized carbons (Fsp3) is 0.143. The normalized spacial score (nSPS) is 9.67. The molecule has 18 heavy (non-hydrogen) atoms. The van der Waals surface area contributed by atoms with Crippen molar-refractivity contribution in [3.05, 3.63) is 48.0 Å². The first-order chi connectivity index (χ1) is 8.24. The van der Waals surface area contributed by atoms with Crippen molar-refractivity contribution in [2.24, 2.45) is 5.73 Å². The van der Waals surface area contributed by atoms with Crippen LogP contribution in [-0.4, -0.2) is 7.11 Å². The van der Waals surface area contributed by atoms with Gasteiger partial charge in [-0.15, -0.1) is 12.4 Å². The second kappa shape index (κ2) is 6.28. The first-order valence-electron chi connectivity index (χ1n) is 5.47. The van der Waals surface area contributed by atoms with Gasteiger partial charge in [0.1, 0.15) is 5.75 Å². The molecule has 96 valence electrons. The molecular weight excluding hydrogens is 248 g/mol. The van der Waals surface area contributed by atoms with E-state index in [-0.39, 0.29) is 12.4 Å². The highest BCUT2D eigenvalue weighted by Crippen LogP contribution is 2.32. The van der Waals surface area contributed by atoms with Gasteiger partial charge in [-0.3, -0.25) is 0 Å². The van der Waals surface area contributed by atoms with Crippen molar-refractivity contribution in [3.63, 3.8) is 0 Å². The minimum Gasteiger partial charge on any atom is -0.496 e. The van der Waals surface area contributed by atoms with Crippen molar-refractivity contribution in [3.8, 4) is 16.9 Å². The summed E-state index contributed by atoms with van der Waals surface area (Å²) in [5, 5.41) is 0. The molecule has 0 aliphatic carbocycles. The Kier molecular flexibility index (Phi) is 5.01. The van der Waals surface area contributed by atoms with Crippen LogP contribution in [0, 0.1) is 0 Å². The summed E-state index contributed by atoms with van der Waals surface area (Å²) in [7, 11) is 1.65. The fourth-order valence-electron chi connectivity index (χ4n) is 1.82. The van der Waals surface area contributed by atoms with E-state index in [1.807, 2.05) is 36.4 Å². The van der Waals surface area contributed by atoms with Gasteiger partial charge in [0.15, 0.2) is 0 Å². The lowest BCUT2D eigenvalue weighted by Gasteiger charge is -2.10. The van der Waals surface area contributed by atoms with E-state index >= 15 is 0 Å². The summed E-state index contributed by atoms with van der Waals surface area (Å²) >= 11 is 0. The molecule has 3 nitrogen and oxygen atoms in total. The van der Waals surface area contributed by atoms with Crippen LogP contribution in [0.3, 0.4) is 0 Å². The van der Waals surface area contributed by atoms with Crippen LogP contribution in [0.1, 0.15) is 5.56 Å². The molecule has 0 bridgehead atoms. The number of halogens is 1. The number of nitrogen functional groups attached to an aromatic ring is 1. The number of nitrogens with two attached hydrogens (primary N) is 2. The van der Waals surface area contributed by atoms with Crippen LogP contribution in [0.15, 0.2) is 42.5 Å². The molecule has 2 rings (SSSR count). The molecule has 4 N–H and O–H groups in total. The van der Waals surface area contributed by atoms with Gasteiger partial charge in [0, 0.05) is 17.8 Å². The van der Waals surface area contributed by atoms with E-state index in [4.69, 9.17) is 16.2 Å². The molecule has 0 fully saturated rings. The van der Waals surface area contributed by atoms with E-state index in [2.05, 4.69) is 6.07 Å². The van der Waals surface area contributed by atoms with Gasteiger partial charge in [0.2, 0.25) is 0 Å². The highest BCUT2D eigenvalue weighted by atomic mass is 35.5. The molecule has 4 heteroatoms. The van der Waals surface area contributed by atoms with Crippen LogP contribution >= 0.6 is 12.4 Å². The molecule has 2 aromatic carbocycles. The van der Waals surface area contributed by atoms with Crippen LogP contribution in [0.4, 0.5) is 5.69 Å². The third-order valence-electron chi connectivity index (χ3n) is 2.70. The van der Waals surface area contributed by atoms with E-state index in [1.165, 1.54) is 0 Å². The summed E-state index contributed by atoms with van der Waals surface area (Å²) in [6.07, 6.45) is 0. The number of hydrogen-bond donors (Lipinski definition) is 2. The minimum atomic E-state index is 0. The summed E-state index contributed by atoms with van der Waals surface area (Å²) in [4.78, 5) is 0. The van der Waals surface area contributed by atoms with Crippen molar-refractivity contribution in [1.29, 1.82) is 0 Å². The molecule has 0 heterocycles. The third kappa shape index (κ3) is 2.94. The molecule has 0 atom stereocenters. The highest BCUT2D eigenvalue weighted by Gasteiger charge is 2.06. The fourth-order valence-corrected chi connectivity index (χ4v) is 1.82. The zero-order chi connectivity index (χ0) is 12.3. The van der Waals surface area contributed by atoms with Gasteiger partial charge < -0.3 is 16.2 Å². The molecule has 0 spiro atoms. The lowest BCUT2D eigenvalue weighted by molar-refractivity contribution is 0.416. The van der Waals surface area contributed by atoms with Gasteiger partial charge in [-0.05, 0) is 35.4 Å². The van der Waals surface area contributed by atoms with Crippen LogP contribution in [0.25, 0.3) is 11.1 Å². The average Bonchev–Trinajstić information content (AvgIpc) is 2.39. The van der Waals surface area contributed by atoms with Gasteiger partial charge in [0.25, 0.3) is 0 Å². The zero-order valence-electron chi connectivity index (χ0n) is 10.2. The first kappa shape index (κ1) is 14.4. The van der Waals surface area contributed by atoms with Crippen molar-refractivity contribution in [2.75, 3.05) is 12.8 Å². The maximum atomic E-state index is 5.81. The molecule has 0 saturated heterocycles. The van der Waals surface area contributed by atoms with Crippen molar-refractivity contribution in [2.45, 2.75) is 6.54 Å². The maximum Gasteiger partial charge on any atom is 0.126 e. The lowest BCUT2D eigenvalue weighted by atomic mass is 10.0. The van der Waals surface area contributed by atoms with Crippen molar-refractivity contribution in [1.82, 2.24) is 0 Å². The zero-order valence-corrected chi connectivity index (χ0v) is 11.0. The first-order valence-corrected chi connectivity index (χ1v) is 5.47. The molecule has 0 saturated carbocycles. The molecule has 2 aromatic rings. The lowest BCUT2D eigenvalue weighted by Crippen LogP contribution is -1.96. The number of ether oxygens (including phenoxy) is 1. The van der Waals surface area contributed by atoms with Crippen molar-refractivity contribution >= 4 is 18.1 Å². The number of hydrogen-bond acceptors (Lipinski definition) is 3. The largest absolute Gasteiger partial charge is 0.496 e. The van der Waals surface area contributed by atoms with Crippen LogP contribution in [0.5, 0.6) is 5.75 Å². The van der Waals surface area contributed by atoms with E-state index in [0.29, 0.717) is 6.54 Å². The average molecular weight is 265 g/mol. The number of benzene rings is 2. The monoisotopic (exact) mass is 264 g/mol. The second-order valence-electron chi connectivity index (χ2n) is 3.86. The van der Waals surface area contributed by atoms with Gasteiger partial charge in [0.05, 0.1) is 7.11 Å². The van der Waals surface area contributed by atoms with Crippen molar-refractivity contribution < 1.29 is 4.74 Å². The summed E-state index contributed by atoms with van der Waals surface area (Å²) in [6.45, 7) is 0.526. The van der Waals surface area contributed by atoms with E-state index in [1.54, 1.807) is 7.11 Å². The molecule has 0 aliphatic rings. The van der Waals surface area contributed by atoms with Crippen LogP contribution in [-0.2, 0) is 6.54 Å². The number of methoxy groups -OCH3 is 1. The molecule has 0 amide bonds. The molecule has 0 aliphatic heterocycles. The van der Waals surface area contributed by atoms with Gasteiger partial charge in [-0.2, -0.15) is 0 Å². The summed E-state index contributed by atoms with van der Waals surface area (Å²) in [5.41, 5.74) is 15.3. The van der Waals surface area contributed by atoms with E-state index in [9.17, 15) is 0 Å². The summed E-state index contributed by atoms with van der Waals surface area (Å²) in [6, 6.07) is 13.7. The predicted octanol–water partition coefficient (Wildman–Crippen LogP) is 2.82. The van der Waals surface area contributed by atoms with E-state index < -0.39 is 0 Å². The molecule has 0 radical (unpaired) electrons. The Balaban J connectivity index is 0.00000162. The maximum absolute atomic E-state index is 5.81.